The van der Waals surface area contributed by atoms with Gasteiger partial charge in [0.1, 0.15) is 0 Å². The summed E-state index contributed by atoms with van der Waals surface area (Å²) < 4.78 is 12.3. The van der Waals surface area contributed by atoms with Crippen molar-refractivity contribution in [3.63, 3.8) is 0 Å². The van der Waals surface area contributed by atoms with Crippen LogP contribution >= 0.6 is 0 Å². The summed E-state index contributed by atoms with van der Waals surface area (Å²) in [5.41, 5.74) is 3.50. The maximum atomic E-state index is 6.16. The molecule has 1 saturated carbocycles. The van der Waals surface area contributed by atoms with Gasteiger partial charge in [-0.05, 0) is 64.1 Å². The average molecular weight is 285 g/mol. The fourth-order valence-electron chi connectivity index (χ4n) is 3.34. The number of fused-ring (bicyclic) bond motifs is 1. The van der Waals surface area contributed by atoms with Crippen molar-refractivity contribution in [2.45, 2.75) is 64.2 Å². The molecule has 1 aromatic carbocycles. The lowest BCUT2D eigenvalue weighted by atomic mass is 9.78. The van der Waals surface area contributed by atoms with Crippen LogP contribution in [-0.2, 0) is 15.7 Å². The summed E-state index contributed by atoms with van der Waals surface area (Å²) >= 11 is 0. The Labute approximate surface area is 127 Å². The molecular weight excluding hydrogens is 261 g/mol. The average Bonchev–Trinajstić information content (AvgIpc) is 3.11. The third kappa shape index (κ3) is 2.11. The van der Waals surface area contributed by atoms with Crippen LogP contribution in [0.2, 0.25) is 0 Å². The van der Waals surface area contributed by atoms with Crippen LogP contribution < -0.4 is 10.4 Å². The number of hydrogen-bond donors (Lipinski definition) is 0. The number of nitrogens with zero attached hydrogens (tertiary/aromatic N) is 1. The molecule has 1 aliphatic carbocycles. The van der Waals surface area contributed by atoms with Gasteiger partial charge in [0.2, 0.25) is 0 Å². The zero-order chi connectivity index (χ0) is 14.8. The van der Waals surface area contributed by atoms with E-state index in [1.54, 1.807) is 0 Å². The minimum absolute atomic E-state index is 0.240. The Bertz CT molecular complexity index is 564. The molecule has 3 nitrogen and oxygen atoms in total. The minimum Gasteiger partial charge on any atom is -0.399 e. The van der Waals surface area contributed by atoms with E-state index in [-0.39, 0.29) is 18.3 Å². The van der Waals surface area contributed by atoms with Gasteiger partial charge in [0, 0.05) is 18.3 Å². The van der Waals surface area contributed by atoms with E-state index in [4.69, 9.17) is 9.31 Å². The van der Waals surface area contributed by atoms with Crippen molar-refractivity contribution in [3.8, 4) is 0 Å². The molecule has 21 heavy (non-hydrogen) atoms. The number of anilines is 1. The lowest BCUT2D eigenvalue weighted by molar-refractivity contribution is 0.00578. The Kier molecular flexibility index (Phi) is 2.77. The normalized spacial score (nSPS) is 26.3. The molecule has 2 fully saturated rings. The van der Waals surface area contributed by atoms with Crippen molar-refractivity contribution in [1.29, 1.82) is 0 Å². The largest absolute Gasteiger partial charge is 0.494 e. The van der Waals surface area contributed by atoms with Crippen LogP contribution in [0.1, 0.15) is 46.1 Å². The van der Waals surface area contributed by atoms with Crippen LogP contribution in [-0.4, -0.2) is 30.9 Å². The van der Waals surface area contributed by atoms with Gasteiger partial charge < -0.3 is 14.2 Å². The smallest absolute Gasteiger partial charge is 0.399 e. The second-order valence-corrected chi connectivity index (χ2v) is 7.65. The molecule has 0 aromatic heterocycles. The van der Waals surface area contributed by atoms with Gasteiger partial charge in [0.15, 0.2) is 0 Å². The maximum Gasteiger partial charge on any atom is 0.494 e. The highest BCUT2D eigenvalue weighted by molar-refractivity contribution is 6.62. The molecule has 4 heteroatoms. The summed E-state index contributed by atoms with van der Waals surface area (Å²) in [5, 5.41) is 0. The van der Waals surface area contributed by atoms with Crippen molar-refractivity contribution >= 4 is 18.3 Å². The first-order chi connectivity index (χ1) is 9.87. The SMILES string of the molecule is CC1(C)OB(c2ccc3c(c2)CCN3C2CC2)OC1(C)C. The fraction of sp³-hybridized carbons (Fsp3) is 0.647. The highest BCUT2D eigenvalue weighted by atomic mass is 16.7. The first kappa shape index (κ1) is 13.7. The predicted molar refractivity (Wildman–Crippen MR) is 86.2 cm³/mol. The quantitative estimate of drug-likeness (QED) is 0.779. The molecule has 1 aromatic rings. The third-order valence-electron chi connectivity index (χ3n) is 5.55. The summed E-state index contributed by atoms with van der Waals surface area (Å²) in [5.74, 6) is 0. The van der Waals surface area contributed by atoms with Gasteiger partial charge in [0.05, 0.1) is 11.2 Å². The monoisotopic (exact) mass is 285 g/mol. The molecular formula is C17H24BNO2. The van der Waals surface area contributed by atoms with E-state index in [2.05, 4.69) is 50.8 Å². The lowest BCUT2D eigenvalue weighted by Crippen LogP contribution is -2.41. The van der Waals surface area contributed by atoms with Crippen LogP contribution in [0.3, 0.4) is 0 Å². The first-order valence-corrected chi connectivity index (χ1v) is 8.12. The molecule has 0 unspecified atom stereocenters. The highest BCUT2D eigenvalue weighted by Gasteiger charge is 2.51. The van der Waals surface area contributed by atoms with Crippen LogP contribution in [0, 0.1) is 0 Å². The lowest BCUT2D eigenvalue weighted by Gasteiger charge is -2.32. The summed E-state index contributed by atoms with van der Waals surface area (Å²) in [6, 6.07) is 7.54. The van der Waals surface area contributed by atoms with Gasteiger partial charge >= 0.3 is 7.12 Å². The highest BCUT2D eigenvalue weighted by Crippen LogP contribution is 2.39. The van der Waals surface area contributed by atoms with Crippen molar-refractivity contribution in [3.05, 3.63) is 23.8 Å². The second-order valence-electron chi connectivity index (χ2n) is 7.65. The Morgan fingerprint density at radius 2 is 1.76 bits per heavy atom. The topological polar surface area (TPSA) is 21.7 Å². The maximum absolute atomic E-state index is 6.16. The Morgan fingerprint density at radius 1 is 1.10 bits per heavy atom. The molecule has 1 saturated heterocycles. The third-order valence-corrected chi connectivity index (χ3v) is 5.55. The molecule has 0 N–H and O–H groups in total. The zero-order valence-corrected chi connectivity index (χ0v) is 13.5. The number of hydrogen-bond acceptors (Lipinski definition) is 3. The summed E-state index contributed by atoms with van der Waals surface area (Å²) in [4.78, 5) is 2.57. The molecule has 2 aliphatic heterocycles. The Balaban J connectivity index is 1.60. The van der Waals surface area contributed by atoms with E-state index in [9.17, 15) is 0 Å². The summed E-state index contributed by atoms with van der Waals surface area (Å²) in [6.07, 6.45) is 3.87. The van der Waals surface area contributed by atoms with Gasteiger partial charge in [-0.25, -0.2) is 0 Å². The molecule has 4 rings (SSSR count). The van der Waals surface area contributed by atoms with Crippen molar-refractivity contribution in [2.75, 3.05) is 11.4 Å². The molecule has 0 radical (unpaired) electrons. The van der Waals surface area contributed by atoms with Gasteiger partial charge in [-0.15, -0.1) is 0 Å². The van der Waals surface area contributed by atoms with Crippen molar-refractivity contribution in [1.82, 2.24) is 0 Å². The molecule has 2 heterocycles. The number of benzene rings is 1. The van der Waals surface area contributed by atoms with Gasteiger partial charge in [-0.1, -0.05) is 12.1 Å². The molecule has 112 valence electrons. The minimum atomic E-state index is -0.267. The van der Waals surface area contributed by atoms with E-state index >= 15 is 0 Å². The molecule has 3 aliphatic rings. The van der Waals surface area contributed by atoms with Crippen molar-refractivity contribution in [2.24, 2.45) is 0 Å². The molecule has 0 bridgehead atoms. The van der Waals surface area contributed by atoms with Crippen LogP contribution in [0.25, 0.3) is 0 Å². The van der Waals surface area contributed by atoms with E-state index in [0.717, 1.165) is 17.9 Å². The van der Waals surface area contributed by atoms with Gasteiger partial charge in [-0.3, -0.25) is 0 Å². The van der Waals surface area contributed by atoms with Crippen molar-refractivity contribution < 1.29 is 9.31 Å². The molecule has 0 amide bonds. The van der Waals surface area contributed by atoms with Crippen LogP contribution in [0.15, 0.2) is 18.2 Å². The molecule has 0 atom stereocenters. The van der Waals surface area contributed by atoms with Gasteiger partial charge in [-0.2, -0.15) is 0 Å². The summed E-state index contributed by atoms with van der Waals surface area (Å²) in [6.45, 7) is 9.60. The Hall–Kier alpha value is -0.995. The first-order valence-electron chi connectivity index (χ1n) is 8.12. The second kappa shape index (κ2) is 4.27. The van der Waals surface area contributed by atoms with E-state index in [0.29, 0.717) is 0 Å². The number of rotatable bonds is 2. The van der Waals surface area contributed by atoms with E-state index in [1.807, 2.05) is 0 Å². The van der Waals surface area contributed by atoms with Gasteiger partial charge in [0.25, 0.3) is 0 Å². The van der Waals surface area contributed by atoms with E-state index < -0.39 is 0 Å². The fourth-order valence-corrected chi connectivity index (χ4v) is 3.34. The van der Waals surface area contributed by atoms with Crippen LogP contribution in [0.5, 0.6) is 0 Å². The standard InChI is InChI=1S/C17H24BNO2/c1-16(2)17(3,4)21-18(20-16)13-5-8-15-12(11-13)9-10-19(15)14-6-7-14/h5,8,11,14H,6-7,9-10H2,1-4H3. The van der Waals surface area contributed by atoms with Crippen LogP contribution in [0.4, 0.5) is 5.69 Å². The summed E-state index contributed by atoms with van der Waals surface area (Å²) in [7, 11) is -0.240. The Morgan fingerprint density at radius 3 is 2.38 bits per heavy atom. The van der Waals surface area contributed by atoms with E-state index in [1.165, 1.54) is 30.6 Å². The molecule has 0 spiro atoms. The zero-order valence-electron chi connectivity index (χ0n) is 13.5. The predicted octanol–water partition coefficient (Wildman–Crippen LogP) is 2.51.